The van der Waals surface area contributed by atoms with Gasteiger partial charge in [0.15, 0.2) is 5.78 Å². The monoisotopic (exact) mass is 406 g/mol. The first kappa shape index (κ1) is 14.8. The van der Waals surface area contributed by atoms with E-state index in [1.807, 2.05) is 34.4 Å². The Hall–Kier alpha value is -0.140. The lowest BCUT2D eigenvalue weighted by Crippen LogP contribution is -2.42. The second-order valence-corrected chi connectivity index (χ2v) is 7.78. The van der Waals surface area contributed by atoms with Gasteiger partial charge in [-0.3, -0.25) is 4.79 Å². The summed E-state index contributed by atoms with van der Waals surface area (Å²) in [6.07, 6.45) is 2.63. The summed E-state index contributed by atoms with van der Waals surface area (Å²) in [4.78, 5) is 12.7. The highest BCUT2D eigenvalue weighted by Gasteiger charge is 2.42. The summed E-state index contributed by atoms with van der Waals surface area (Å²) in [5.74, 6) is 1.99. The molecular formula is C15H16FIO2S. The van der Waals surface area contributed by atoms with E-state index in [0.29, 0.717) is 15.7 Å². The minimum absolute atomic E-state index is 0.0152. The lowest BCUT2D eigenvalue weighted by molar-refractivity contribution is -0.0734. The van der Waals surface area contributed by atoms with Crippen molar-refractivity contribution < 1.29 is 13.9 Å². The van der Waals surface area contributed by atoms with Gasteiger partial charge in [0.25, 0.3) is 0 Å². The number of carbonyl (C=O) groups excluding carboxylic acids is 1. The van der Waals surface area contributed by atoms with Crippen LogP contribution in [0, 0.1) is 15.3 Å². The zero-order valence-corrected chi connectivity index (χ0v) is 14.0. The average molecular weight is 406 g/mol. The number of halogens is 2. The van der Waals surface area contributed by atoms with Crippen LogP contribution in [0.25, 0.3) is 0 Å². The summed E-state index contributed by atoms with van der Waals surface area (Å²) in [5, 5.41) is 0. The number of benzene rings is 1. The van der Waals surface area contributed by atoms with Gasteiger partial charge in [-0.1, -0.05) is 0 Å². The quantitative estimate of drug-likeness (QED) is 0.550. The minimum Gasteiger partial charge on any atom is -0.374 e. The number of hydrogen-bond donors (Lipinski definition) is 0. The Bertz CT molecular complexity index is 529. The van der Waals surface area contributed by atoms with E-state index < -0.39 is 0 Å². The lowest BCUT2D eigenvalue weighted by Gasteiger charge is -2.37. The number of thioether (sulfide) groups is 1. The molecule has 2 nitrogen and oxygen atoms in total. The molecule has 0 saturated carbocycles. The van der Waals surface area contributed by atoms with Crippen LogP contribution < -0.4 is 0 Å². The van der Waals surface area contributed by atoms with Crippen molar-refractivity contribution in [3.8, 4) is 0 Å². The van der Waals surface area contributed by atoms with Crippen LogP contribution >= 0.6 is 34.4 Å². The van der Waals surface area contributed by atoms with E-state index >= 15 is 0 Å². The highest BCUT2D eigenvalue weighted by molar-refractivity contribution is 14.1. The summed E-state index contributed by atoms with van der Waals surface area (Å²) in [6, 6.07) is 4.41. The first-order valence-electron chi connectivity index (χ1n) is 6.81. The Morgan fingerprint density at radius 3 is 3.05 bits per heavy atom. The SMILES string of the molecule is O=C(c1ccc(F)cc1I)C1CCOC2(CCSC2)C1. The van der Waals surface area contributed by atoms with Crippen LogP contribution in [-0.2, 0) is 4.74 Å². The van der Waals surface area contributed by atoms with E-state index in [2.05, 4.69) is 0 Å². The molecule has 2 heterocycles. The average Bonchev–Trinajstić information content (AvgIpc) is 2.86. The smallest absolute Gasteiger partial charge is 0.167 e. The maximum Gasteiger partial charge on any atom is 0.167 e. The fourth-order valence-corrected chi connectivity index (χ4v) is 5.15. The largest absolute Gasteiger partial charge is 0.374 e. The van der Waals surface area contributed by atoms with Crippen LogP contribution in [0.5, 0.6) is 0 Å². The number of Topliss-reactive ketones (excluding diaryl/α,β-unsaturated/α-hetero) is 1. The fourth-order valence-electron chi connectivity index (χ4n) is 3.02. The Balaban J connectivity index is 1.79. The number of ether oxygens (including phenoxy) is 1. The third-order valence-electron chi connectivity index (χ3n) is 4.13. The third kappa shape index (κ3) is 2.90. The van der Waals surface area contributed by atoms with E-state index in [4.69, 9.17) is 4.74 Å². The van der Waals surface area contributed by atoms with Crippen molar-refractivity contribution in [1.82, 2.24) is 0 Å². The van der Waals surface area contributed by atoms with Crippen molar-refractivity contribution >= 4 is 40.1 Å². The van der Waals surface area contributed by atoms with Gasteiger partial charge in [-0.2, -0.15) is 11.8 Å². The Morgan fingerprint density at radius 1 is 1.50 bits per heavy atom. The van der Waals surface area contributed by atoms with Crippen LogP contribution in [0.15, 0.2) is 18.2 Å². The van der Waals surface area contributed by atoms with Crippen LogP contribution in [-0.4, -0.2) is 29.5 Å². The van der Waals surface area contributed by atoms with E-state index in [-0.39, 0.29) is 23.1 Å². The molecule has 0 amide bonds. The van der Waals surface area contributed by atoms with E-state index in [9.17, 15) is 9.18 Å². The minimum atomic E-state index is -0.290. The highest BCUT2D eigenvalue weighted by atomic mass is 127. The lowest BCUT2D eigenvalue weighted by atomic mass is 9.81. The van der Waals surface area contributed by atoms with E-state index in [0.717, 1.165) is 30.8 Å². The van der Waals surface area contributed by atoms with Crippen molar-refractivity contribution in [3.05, 3.63) is 33.1 Å². The molecule has 2 fully saturated rings. The van der Waals surface area contributed by atoms with Gasteiger partial charge >= 0.3 is 0 Å². The molecule has 5 heteroatoms. The van der Waals surface area contributed by atoms with Crippen LogP contribution in [0.3, 0.4) is 0 Å². The summed E-state index contributed by atoms with van der Waals surface area (Å²) in [7, 11) is 0. The topological polar surface area (TPSA) is 26.3 Å². The molecule has 2 atom stereocenters. The van der Waals surface area contributed by atoms with Crippen molar-refractivity contribution in [1.29, 1.82) is 0 Å². The van der Waals surface area contributed by atoms with Gasteiger partial charge in [0.1, 0.15) is 5.82 Å². The number of ketones is 1. The summed E-state index contributed by atoms with van der Waals surface area (Å²) in [6.45, 7) is 0.661. The first-order valence-corrected chi connectivity index (χ1v) is 9.04. The molecule has 0 aliphatic carbocycles. The Kier molecular flexibility index (Phi) is 4.38. The molecule has 1 aromatic carbocycles. The Morgan fingerprint density at radius 2 is 2.35 bits per heavy atom. The first-order chi connectivity index (χ1) is 9.60. The second-order valence-electron chi connectivity index (χ2n) is 5.51. The molecular weight excluding hydrogens is 390 g/mol. The molecule has 0 aromatic heterocycles. The third-order valence-corrected chi connectivity index (χ3v) is 6.24. The number of rotatable bonds is 2. The van der Waals surface area contributed by atoms with Gasteiger partial charge in [0.2, 0.25) is 0 Å². The molecule has 2 aliphatic heterocycles. The van der Waals surface area contributed by atoms with Crippen molar-refractivity contribution in [2.45, 2.75) is 24.9 Å². The summed E-state index contributed by atoms with van der Waals surface area (Å²) < 4.78 is 19.8. The normalized spacial score (nSPS) is 29.8. The number of hydrogen-bond acceptors (Lipinski definition) is 3. The van der Waals surface area contributed by atoms with Gasteiger partial charge in [-0.15, -0.1) is 0 Å². The highest BCUT2D eigenvalue weighted by Crippen LogP contribution is 2.41. The molecule has 2 aliphatic rings. The van der Waals surface area contributed by atoms with Gasteiger partial charge in [-0.25, -0.2) is 4.39 Å². The molecule has 0 bridgehead atoms. The molecule has 3 rings (SSSR count). The zero-order valence-electron chi connectivity index (χ0n) is 11.0. The Labute approximate surface area is 136 Å². The van der Waals surface area contributed by atoms with E-state index in [1.165, 1.54) is 12.1 Å². The zero-order chi connectivity index (χ0) is 14.2. The van der Waals surface area contributed by atoms with Crippen LogP contribution in [0.1, 0.15) is 29.6 Å². The maximum atomic E-state index is 13.2. The van der Waals surface area contributed by atoms with E-state index in [1.54, 1.807) is 6.07 Å². The summed E-state index contributed by atoms with van der Waals surface area (Å²) in [5.41, 5.74) is 0.564. The van der Waals surface area contributed by atoms with Gasteiger partial charge in [0.05, 0.1) is 5.60 Å². The maximum absolute atomic E-state index is 13.2. The van der Waals surface area contributed by atoms with Gasteiger partial charge in [-0.05, 0) is 65.8 Å². The van der Waals surface area contributed by atoms with Gasteiger partial charge in [0, 0.05) is 27.4 Å². The van der Waals surface area contributed by atoms with Crippen LogP contribution in [0.2, 0.25) is 0 Å². The standard InChI is InChI=1S/C15H16FIO2S/c16-11-1-2-12(13(17)7-11)14(18)10-3-5-19-15(8-10)4-6-20-9-15/h1-2,7,10H,3-6,8-9H2. The summed E-state index contributed by atoms with van der Waals surface area (Å²) >= 11 is 3.95. The molecule has 1 spiro atoms. The second kappa shape index (κ2) is 5.93. The van der Waals surface area contributed by atoms with Crippen LogP contribution in [0.4, 0.5) is 4.39 Å². The molecule has 1 aromatic rings. The predicted molar refractivity (Wildman–Crippen MR) is 86.8 cm³/mol. The molecule has 20 heavy (non-hydrogen) atoms. The molecule has 0 N–H and O–H groups in total. The van der Waals surface area contributed by atoms with Crippen molar-refractivity contribution in [2.24, 2.45) is 5.92 Å². The molecule has 108 valence electrons. The fraction of sp³-hybridized carbons (Fsp3) is 0.533. The van der Waals surface area contributed by atoms with Gasteiger partial charge < -0.3 is 4.74 Å². The molecule has 2 unspecified atom stereocenters. The molecule has 0 radical (unpaired) electrons. The predicted octanol–water partition coefficient (Wildman–Crippen LogP) is 3.92. The van der Waals surface area contributed by atoms with Crippen molar-refractivity contribution in [2.75, 3.05) is 18.1 Å². The molecule has 2 saturated heterocycles. The number of carbonyl (C=O) groups is 1. The van der Waals surface area contributed by atoms with Crippen molar-refractivity contribution in [3.63, 3.8) is 0 Å².